The van der Waals surface area contributed by atoms with Gasteiger partial charge in [-0.1, -0.05) is 0 Å². The maximum absolute atomic E-state index is 5.16. The zero-order valence-electron chi connectivity index (χ0n) is 4.98. The molecule has 1 heterocycles. The molecule has 0 unspecified atom stereocenters. The normalized spacial score (nSPS) is 8.80. The molecule has 0 aliphatic heterocycles. The summed E-state index contributed by atoms with van der Waals surface area (Å²) in [5.74, 6) is 0.502. The number of anilines is 1. The average Bonchev–Trinajstić information content (AvgIpc) is 1.88. The first kappa shape index (κ1) is 6.81. The van der Waals surface area contributed by atoms with Crippen LogP contribution in [0, 0.1) is 0 Å². The Hall–Kier alpha value is -1.30. The quantitative estimate of drug-likeness (QED) is 0.534. The van der Waals surface area contributed by atoms with Crippen LogP contribution in [0.25, 0.3) is 0 Å². The SMILES string of the molecule is NC(=S)Nc1ccnnn1. The number of nitrogens with one attached hydrogen (secondary N) is 1. The van der Waals surface area contributed by atoms with Crippen LogP contribution in [0.3, 0.4) is 0 Å². The van der Waals surface area contributed by atoms with Gasteiger partial charge in [0.1, 0.15) is 0 Å². The lowest BCUT2D eigenvalue weighted by Crippen LogP contribution is -2.19. The van der Waals surface area contributed by atoms with E-state index in [2.05, 4.69) is 32.9 Å². The van der Waals surface area contributed by atoms with Crippen LogP contribution in [0.2, 0.25) is 0 Å². The van der Waals surface area contributed by atoms with Gasteiger partial charge in [0, 0.05) is 6.07 Å². The number of hydrogen-bond acceptors (Lipinski definition) is 4. The lowest BCUT2D eigenvalue weighted by Gasteiger charge is -1.97. The topological polar surface area (TPSA) is 76.7 Å². The average molecular weight is 155 g/mol. The Labute approximate surface area is 62.6 Å². The molecule has 52 valence electrons. The zero-order chi connectivity index (χ0) is 7.40. The fourth-order valence-corrected chi connectivity index (χ4v) is 0.539. The van der Waals surface area contributed by atoms with Crippen molar-refractivity contribution >= 4 is 23.1 Å². The van der Waals surface area contributed by atoms with Crippen molar-refractivity contribution in [3.05, 3.63) is 12.3 Å². The Bertz CT molecular complexity index is 222. The maximum atomic E-state index is 5.16. The van der Waals surface area contributed by atoms with Gasteiger partial charge in [0.05, 0.1) is 6.20 Å². The van der Waals surface area contributed by atoms with Gasteiger partial charge in [-0.2, -0.15) is 0 Å². The van der Waals surface area contributed by atoms with Gasteiger partial charge in [-0.05, 0) is 17.4 Å². The first-order valence-corrected chi connectivity index (χ1v) is 2.90. The lowest BCUT2D eigenvalue weighted by atomic mass is 10.6. The van der Waals surface area contributed by atoms with E-state index in [1.165, 1.54) is 6.20 Å². The van der Waals surface area contributed by atoms with E-state index in [9.17, 15) is 0 Å². The molecular weight excluding hydrogens is 150 g/mol. The fraction of sp³-hybridized carbons (Fsp3) is 0. The molecule has 1 aromatic heterocycles. The van der Waals surface area contributed by atoms with Crippen LogP contribution in [0.15, 0.2) is 12.3 Å². The molecule has 0 aliphatic rings. The number of nitrogens with two attached hydrogens (primary N) is 1. The molecule has 0 radical (unpaired) electrons. The molecule has 0 aliphatic carbocycles. The summed E-state index contributed by atoms with van der Waals surface area (Å²) in [6, 6.07) is 1.62. The van der Waals surface area contributed by atoms with Gasteiger partial charge in [-0.15, -0.1) is 10.2 Å². The molecule has 3 N–H and O–H groups in total. The molecule has 0 aromatic carbocycles. The number of nitrogens with zero attached hydrogens (tertiary/aromatic N) is 3. The van der Waals surface area contributed by atoms with Crippen LogP contribution >= 0.6 is 12.2 Å². The molecule has 1 rings (SSSR count). The third-order valence-corrected chi connectivity index (χ3v) is 0.856. The number of aromatic nitrogens is 3. The van der Waals surface area contributed by atoms with Crippen molar-refractivity contribution in [2.24, 2.45) is 5.73 Å². The van der Waals surface area contributed by atoms with Gasteiger partial charge in [0.15, 0.2) is 10.9 Å². The number of thiocarbonyl (C=S) groups is 1. The highest BCUT2D eigenvalue weighted by Gasteiger charge is 1.91. The van der Waals surface area contributed by atoms with Crippen LogP contribution in [0.1, 0.15) is 0 Å². The summed E-state index contributed by atoms with van der Waals surface area (Å²) in [4.78, 5) is 0. The van der Waals surface area contributed by atoms with E-state index in [1.54, 1.807) is 6.07 Å². The molecule has 0 atom stereocenters. The molecule has 0 fully saturated rings. The Kier molecular flexibility index (Phi) is 2.06. The summed E-state index contributed by atoms with van der Waals surface area (Å²) in [6.45, 7) is 0. The minimum Gasteiger partial charge on any atom is -0.376 e. The Balaban J connectivity index is 2.67. The molecule has 0 saturated carbocycles. The van der Waals surface area contributed by atoms with Gasteiger partial charge in [-0.3, -0.25) is 0 Å². The van der Waals surface area contributed by atoms with Crippen LogP contribution in [-0.2, 0) is 0 Å². The first-order chi connectivity index (χ1) is 4.79. The van der Waals surface area contributed by atoms with E-state index in [0.717, 1.165) is 0 Å². The van der Waals surface area contributed by atoms with Crippen molar-refractivity contribution in [3.8, 4) is 0 Å². The smallest absolute Gasteiger partial charge is 0.169 e. The molecule has 1 aromatic rings. The van der Waals surface area contributed by atoms with Gasteiger partial charge < -0.3 is 11.1 Å². The Morgan fingerprint density at radius 2 is 2.50 bits per heavy atom. The number of hydrogen-bond donors (Lipinski definition) is 2. The van der Waals surface area contributed by atoms with Gasteiger partial charge in [0.25, 0.3) is 0 Å². The van der Waals surface area contributed by atoms with E-state index in [4.69, 9.17) is 5.73 Å². The minimum atomic E-state index is 0.167. The summed E-state index contributed by atoms with van der Waals surface area (Å²) >= 11 is 4.56. The highest BCUT2D eigenvalue weighted by Crippen LogP contribution is 1.93. The predicted molar refractivity (Wildman–Crippen MR) is 40.2 cm³/mol. The van der Waals surface area contributed by atoms with E-state index in [0.29, 0.717) is 5.82 Å². The van der Waals surface area contributed by atoms with Crippen molar-refractivity contribution in [2.75, 3.05) is 5.32 Å². The molecule has 10 heavy (non-hydrogen) atoms. The second kappa shape index (κ2) is 3.02. The van der Waals surface area contributed by atoms with Crippen molar-refractivity contribution in [2.45, 2.75) is 0 Å². The van der Waals surface area contributed by atoms with Crippen molar-refractivity contribution in [1.29, 1.82) is 0 Å². The van der Waals surface area contributed by atoms with Crippen molar-refractivity contribution < 1.29 is 0 Å². The van der Waals surface area contributed by atoms with Crippen LogP contribution < -0.4 is 11.1 Å². The summed E-state index contributed by atoms with van der Waals surface area (Å²) in [7, 11) is 0. The first-order valence-electron chi connectivity index (χ1n) is 2.50. The van der Waals surface area contributed by atoms with E-state index in [-0.39, 0.29) is 5.11 Å². The third-order valence-electron chi connectivity index (χ3n) is 0.754. The molecule has 0 spiro atoms. The summed E-state index contributed by atoms with van der Waals surface area (Å²) < 4.78 is 0. The maximum Gasteiger partial charge on any atom is 0.169 e. The van der Waals surface area contributed by atoms with E-state index < -0.39 is 0 Å². The monoisotopic (exact) mass is 155 g/mol. The van der Waals surface area contributed by atoms with Gasteiger partial charge in [0.2, 0.25) is 0 Å². The Morgan fingerprint density at radius 1 is 1.70 bits per heavy atom. The summed E-state index contributed by atoms with van der Waals surface area (Å²) in [6.07, 6.45) is 1.49. The number of rotatable bonds is 1. The van der Waals surface area contributed by atoms with Crippen LogP contribution in [0.5, 0.6) is 0 Å². The third kappa shape index (κ3) is 1.90. The van der Waals surface area contributed by atoms with Crippen LogP contribution in [-0.4, -0.2) is 20.5 Å². The second-order valence-corrected chi connectivity index (χ2v) is 1.93. The van der Waals surface area contributed by atoms with Gasteiger partial charge in [-0.25, -0.2) is 0 Å². The largest absolute Gasteiger partial charge is 0.376 e. The molecule has 0 saturated heterocycles. The fourth-order valence-electron chi connectivity index (χ4n) is 0.434. The van der Waals surface area contributed by atoms with E-state index >= 15 is 0 Å². The lowest BCUT2D eigenvalue weighted by molar-refractivity contribution is 0.872. The highest BCUT2D eigenvalue weighted by molar-refractivity contribution is 7.80. The summed E-state index contributed by atoms with van der Waals surface area (Å²) in [5.41, 5.74) is 5.16. The van der Waals surface area contributed by atoms with Crippen molar-refractivity contribution in [1.82, 2.24) is 15.4 Å². The Morgan fingerprint density at radius 3 is 3.00 bits per heavy atom. The summed E-state index contributed by atoms with van der Waals surface area (Å²) in [5, 5.41) is 13.2. The van der Waals surface area contributed by atoms with Gasteiger partial charge >= 0.3 is 0 Å². The molecule has 0 bridgehead atoms. The van der Waals surface area contributed by atoms with Crippen LogP contribution in [0.4, 0.5) is 5.82 Å². The van der Waals surface area contributed by atoms with Crippen molar-refractivity contribution in [3.63, 3.8) is 0 Å². The minimum absolute atomic E-state index is 0.167. The molecule has 0 amide bonds. The zero-order valence-corrected chi connectivity index (χ0v) is 5.80. The second-order valence-electron chi connectivity index (χ2n) is 1.50. The predicted octanol–water partition coefficient (Wildman–Crippen LogP) is -0.473. The van der Waals surface area contributed by atoms with E-state index in [1.807, 2.05) is 0 Å². The molecule has 5 nitrogen and oxygen atoms in total. The standard InChI is InChI=1S/C4H5N5S/c5-4(10)7-3-1-2-6-9-8-3/h1-2H,(H3,5,6,7,8,10). The molecule has 6 heteroatoms. The molecular formula is C4H5N5S. The highest BCUT2D eigenvalue weighted by atomic mass is 32.1.